The highest BCUT2D eigenvalue weighted by atomic mass is 16.5. The van der Waals surface area contributed by atoms with Gasteiger partial charge in [-0.05, 0) is 98.5 Å². The van der Waals surface area contributed by atoms with E-state index in [4.69, 9.17) is 23.7 Å². The van der Waals surface area contributed by atoms with Gasteiger partial charge in [-0.1, -0.05) is 19.2 Å². The number of hydrogen-bond donors (Lipinski definition) is 0. The van der Waals surface area contributed by atoms with Crippen LogP contribution in [0.2, 0.25) is 0 Å². The van der Waals surface area contributed by atoms with Gasteiger partial charge < -0.3 is 23.7 Å². The molecule has 0 aliphatic rings. The Hall–Kier alpha value is -4.85. The van der Waals surface area contributed by atoms with E-state index in [9.17, 15) is 14.4 Å². The Kier molecular flexibility index (Phi) is 12.0. The Morgan fingerprint density at radius 3 is 1.50 bits per heavy atom. The molecule has 0 saturated carbocycles. The summed E-state index contributed by atoms with van der Waals surface area (Å²) in [4.78, 5) is 35.9. The van der Waals surface area contributed by atoms with E-state index in [1.165, 1.54) is 0 Å². The molecule has 40 heavy (non-hydrogen) atoms. The van der Waals surface area contributed by atoms with Gasteiger partial charge in [-0.3, -0.25) is 0 Å². The molecular formula is C32H32O8. The second-order valence-corrected chi connectivity index (χ2v) is 8.53. The lowest BCUT2D eigenvalue weighted by molar-refractivity contribution is -0.137. The van der Waals surface area contributed by atoms with Gasteiger partial charge in [0.05, 0.1) is 24.3 Å². The van der Waals surface area contributed by atoms with Crippen LogP contribution in [0.15, 0.2) is 98.1 Å². The fraction of sp³-hybridized carbons (Fsp3) is 0.219. The van der Waals surface area contributed by atoms with Crippen LogP contribution in [0.3, 0.4) is 0 Å². The zero-order valence-electron chi connectivity index (χ0n) is 22.2. The third-order valence-corrected chi connectivity index (χ3v) is 5.51. The Morgan fingerprint density at radius 1 is 0.575 bits per heavy atom. The van der Waals surface area contributed by atoms with Crippen molar-refractivity contribution in [3.8, 4) is 23.0 Å². The Labute approximate surface area is 233 Å². The number of carbonyl (C=O) groups is 3. The minimum Gasteiger partial charge on any atom is -0.494 e. The molecule has 3 rings (SSSR count). The van der Waals surface area contributed by atoms with Crippen molar-refractivity contribution < 1.29 is 38.1 Å². The molecule has 3 aromatic rings. The third kappa shape index (κ3) is 10.1. The van der Waals surface area contributed by atoms with Crippen molar-refractivity contribution in [3.63, 3.8) is 0 Å². The van der Waals surface area contributed by atoms with Crippen LogP contribution in [-0.4, -0.2) is 37.7 Å². The fourth-order valence-corrected chi connectivity index (χ4v) is 3.42. The average molecular weight is 545 g/mol. The summed E-state index contributed by atoms with van der Waals surface area (Å²) >= 11 is 0. The first-order valence-electron chi connectivity index (χ1n) is 12.9. The van der Waals surface area contributed by atoms with E-state index in [1.807, 2.05) is 0 Å². The predicted molar refractivity (Wildman–Crippen MR) is 150 cm³/mol. The lowest BCUT2D eigenvalue weighted by Crippen LogP contribution is -2.09. The van der Waals surface area contributed by atoms with Crippen LogP contribution in [0.25, 0.3) is 0 Å². The molecule has 3 aromatic carbocycles. The minimum atomic E-state index is -0.521. The highest BCUT2D eigenvalue weighted by Gasteiger charge is 2.12. The van der Waals surface area contributed by atoms with Crippen LogP contribution in [-0.2, 0) is 9.53 Å². The molecule has 0 N–H and O–H groups in total. The van der Waals surface area contributed by atoms with Crippen molar-refractivity contribution in [2.45, 2.75) is 25.7 Å². The molecule has 0 fully saturated rings. The Balaban J connectivity index is 1.38. The molecule has 0 aliphatic heterocycles. The zero-order valence-corrected chi connectivity index (χ0v) is 22.2. The number of esters is 3. The van der Waals surface area contributed by atoms with Crippen molar-refractivity contribution in [1.82, 2.24) is 0 Å². The number of unbranched alkanes of at least 4 members (excludes halogenated alkanes) is 3. The molecule has 0 bridgehead atoms. The SMILES string of the molecule is C=CCOc1ccc(C(=O)Oc2ccc(OC(=O)c3ccc(OCCCCCCOC(=O)C=C)cc3)cc2)cc1. The molecule has 0 unspecified atom stereocenters. The highest BCUT2D eigenvalue weighted by Crippen LogP contribution is 2.21. The van der Waals surface area contributed by atoms with E-state index in [0.717, 1.165) is 31.8 Å². The molecule has 0 aromatic heterocycles. The van der Waals surface area contributed by atoms with E-state index in [2.05, 4.69) is 13.2 Å². The van der Waals surface area contributed by atoms with Crippen LogP contribution in [0.1, 0.15) is 46.4 Å². The van der Waals surface area contributed by atoms with Crippen LogP contribution in [0, 0.1) is 0 Å². The normalized spacial score (nSPS) is 10.2. The average Bonchev–Trinajstić information content (AvgIpc) is 2.98. The van der Waals surface area contributed by atoms with Crippen molar-refractivity contribution in [2.75, 3.05) is 19.8 Å². The molecular weight excluding hydrogens is 512 g/mol. The number of benzene rings is 3. The van der Waals surface area contributed by atoms with E-state index in [-0.39, 0.29) is 0 Å². The second kappa shape index (κ2) is 16.2. The minimum absolute atomic E-state index is 0.313. The van der Waals surface area contributed by atoms with Crippen molar-refractivity contribution in [2.24, 2.45) is 0 Å². The van der Waals surface area contributed by atoms with Crippen LogP contribution < -0.4 is 18.9 Å². The van der Waals surface area contributed by atoms with Gasteiger partial charge in [-0.15, -0.1) is 0 Å². The first-order chi connectivity index (χ1) is 19.5. The first-order valence-corrected chi connectivity index (χ1v) is 12.9. The highest BCUT2D eigenvalue weighted by molar-refractivity contribution is 5.92. The molecule has 0 saturated heterocycles. The van der Waals surface area contributed by atoms with Gasteiger partial charge in [0.2, 0.25) is 0 Å². The molecule has 8 heteroatoms. The summed E-state index contributed by atoms with van der Waals surface area (Å²) in [5.41, 5.74) is 0.745. The number of ether oxygens (including phenoxy) is 5. The van der Waals surface area contributed by atoms with Gasteiger partial charge in [-0.2, -0.15) is 0 Å². The maximum atomic E-state index is 12.5. The summed E-state index contributed by atoms with van der Waals surface area (Å²) in [6, 6.07) is 19.5. The summed E-state index contributed by atoms with van der Waals surface area (Å²) in [5.74, 6) is 0.463. The predicted octanol–water partition coefficient (Wildman–Crippen LogP) is 6.36. The molecule has 0 aliphatic carbocycles. The Morgan fingerprint density at radius 2 is 1.02 bits per heavy atom. The maximum Gasteiger partial charge on any atom is 0.343 e. The van der Waals surface area contributed by atoms with Crippen molar-refractivity contribution >= 4 is 17.9 Å². The zero-order chi connectivity index (χ0) is 28.6. The van der Waals surface area contributed by atoms with Crippen molar-refractivity contribution in [3.05, 3.63) is 109 Å². The lowest BCUT2D eigenvalue weighted by Gasteiger charge is -2.09. The first kappa shape index (κ1) is 29.7. The lowest BCUT2D eigenvalue weighted by atomic mass is 10.2. The summed E-state index contributed by atoms with van der Waals surface area (Å²) in [5, 5.41) is 0. The van der Waals surface area contributed by atoms with E-state index < -0.39 is 17.9 Å². The van der Waals surface area contributed by atoms with E-state index >= 15 is 0 Å². The quantitative estimate of drug-likeness (QED) is 0.0676. The standard InChI is InChI=1S/C32H32O8/c1-3-21-36-26-13-9-24(10-14-26)31(34)39-28-17-19-29(20-18-28)40-32(35)25-11-15-27(16-12-25)37-22-7-5-6-8-23-38-30(33)4-2/h3-4,9-20H,1-2,5-8,21-23H2. The molecule has 0 radical (unpaired) electrons. The fourth-order valence-electron chi connectivity index (χ4n) is 3.42. The smallest absolute Gasteiger partial charge is 0.343 e. The van der Waals surface area contributed by atoms with Crippen LogP contribution >= 0.6 is 0 Å². The largest absolute Gasteiger partial charge is 0.494 e. The van der Waals surface area contributed by atoms with Crippen LogP contribution in [0.5, 0.6) is 23.0 Å². The van der Waals surface area contributed by atoms with Gasteiger partial charge in [-0.25, -0.2) is 14.4 Å². The molecule has 208 valence electrons. The molecule has 8 nitrogen and oxygen atoms in total. The van der Waals surface area contributed by atoms with Gasteiger partial charge in [0, 0.05) is 6.08 Å². The summed E-state index contributed by atoms with van der Waals surface area (Å²) in [6.07, 6.45) is 6.33. The van der Waals surface area contributed by atoms with Gasteiger partial charge in [0.15, 0.2) is 0 Å². The summed E-state index contributed by atoms with van der Waals surface area (Å²) < 4.78 is 26.9. The maximum absolute atomic E-state index is 12.5. The third-order valence-electron chi connectivity index (χ3n) is 5.51. The molecule has 0 heterocycles. The molecule has 0 spiro atoms. The topological polar surface area (TPSA) is 97.4 Å². The molecule has 0 atom stereocenters. The molecule has 0 amide bonds. The van der Waals surface area contributed by atoms with Crippen molar-refractivity contribution in [1.29, 1.82) is 0 Å². The number of hydrogen-bond acceptors (Lipinski definition) is 8. The number of carbonyl (C=O) groups excluding carboxylic acids is 3. The monoisotopic (exact) mass is 544 g/mol. The summed E-state index contributed by atoms with van der Waals surface area (Å²) in [6.45, 7) is 8.26. The van der Waals surface area contributed by atoms with Gasteiger partial charge >= 0.3 is 17.9 Å². The van der Waals surface area contributed by atoms with Gasteiger partial charge in [0.25, 0.3) is 0 Å². The Bertz CT molecular complexity index is 1260. The van der Waals surface area contributed by atoms with Gasteiger partial charge in [0.1, 0.15) is 29.6 Å². The second-order valence-electron chi connectivity index (χ2n) is 8.53. The van der Waals surface area contributed by atoms with Crippen LogP contribution in [0.4, 0.5) is 0 Å². The summed E-state index contributed by atoms with van der Waals surface area (Å²) in [7, 11) is 0. The van der Waals surface area contributed by atoms with E-state index in [1.54, 1.807) is 78.9 Å². The number of rotatable bonds is 16. The van der Waals surface area contributed by atoms with E-state index in [0.29, 0.717) is 53.9 Å².